The zero-order chi connectivity index (χ0) is 18.8. The maximum Gasteiger partial charge on any atom is 0.286 e. The molecular formula is C21H20FN3OS. The van der Waals surface area contributed by atoms with Gasteiger partial charge in [0.05, 0.1) is 10.6 Å². The first-order valence-electron chi connectivity index (χ1n) is 8.94. The number of hydrogen-bond donors (Lipinski definition) is 0. The van der Waals surface area contributed by atoms with Crippen LogP contribution in [-0.2, 0) is 4.79 Å². The van der Waals surface area contributed by atoms with Crippen molar-refractivity contribution in [1.82, 2.24) is 4.90 Å². The van der Waals surface area contributed by atoms with Crippen LogP contribution in [0.5, 0.6) is 0 Å². The molecule has 0 aliphatic carbocycles. The average Bonchev–Trinajstić information content (AvgIpc) is 3.03. The summed E-state index contributed by atoms with van der Waals surface area (Å²) in [5.41, 5.74) is 2.80. The molecule has 0 radical (unpaired) electrons. The van der Waals surface area contributed by atoms with Crippen molar-refractivity contribution < 1.29 is 9.18 Å². The van der Waals surface area contributed by atoms with E-state index in [1.165, 1.54) is 17.8 Å². The number of aliphatic imine (C=N–C) groups is 1. The number of nitrogens with zero attached hydrogens (tertiary/aromatic N) is 3. The Kier molecular flexibility index (Phi) is 4.99. The second-order valence-electron chi connectivity index (χ2n) is 6.65. The fourth-order valence-corrected chi connectivity index (χ4v) is 4.26. The maximum atomic E-state index is 14.0. The molecule has 1 fully saturated rings. The van der Waals surface area contributed by atoms with Gasteiger partial charge in [-0.2, -0.15) is 4.99 Å². The van der Waals surface area contributed by atoms with E-state index < -0.39 is 0 Å². The van der Waals surface area contributed by atoms with E-state index in [4.69, 9.17) is 0 Å². The molecule has 0 bridgehead atoms. The van der Waals surface area contributed by atoms with E-state index in [1.54, 1.807) is 12.1 Å². The molecule has 1 amide bonds. The number of para-hydroxylation sites is 1. The summed E-state index contributed by atoms with van der Waals surface area (Å²) in [6, 6.07) is 14.9. The molecule has 4 nitrogen and oxygen atoms in total. The molecule has 0 N–H and O–H groups in total. The van der Waals surface area contributed by atoms with Crippen LogP contribution in [0.1, 0.15) is 11.1 Å². The highest BCUT2D eigenvalue weighted by Crippen LogP contribution is 2.31. The van der Waals surface area contributed by atoms with Gasteiger partial charge in [0.25, 0.3) is 5.91 Å². The van der Waals surface area contributed by atoms with Gasteiger partial charge in [-0.05, 0) is 42.5 Å². The van der Waals surface area contributed by atoms with E-state index in [0.29, 0.717) is 36.8 Å². The third-order valence-electron chi connectivity index (χ3n) is 4.69. The van der Waals surface area contributed by atoms with Crippen LogP contribution in [-0.4, -0.2) is 42.2 Å². The van der Waals surface area contributed by atoms with Crippen LogP contribution in [0.25, 0.3) is 6.08 Å². The van der Waals surface area contributed by atoms with Gasteiger partial charge in [0.1, 0.15) is 5.82 Å². The predicted molar refractivity (Wildman–Crippen MR) is 109 cm³/mol. The number of amides is 1. The molecule has 0 spiro atoms. The van der Waals surface area contributed by atoms with Crippen LogP contribution in [0.15, 0.2) is 58.4 Å². The first kappa shape index (κ1) is 17.8. The number of aryl methyl sites for hydroxylation is 1. The molecule has 0 atom stereocenters. The van der Waals surface area contributed by atoms with Crippen molar-refractivity contribution in [3.8, 4) is 0 Å². The lowest BCUT2D eigenvalue weighted by atomic mass is 10.1. The molecule has 2 heterocycles. The Morgan fingerprint density at radius 2 is 1.78 bits per heavy atom. The first-order valence-corrected chi connectivity index (χ1v) is 9.75. The van der Waals surface area contributed by atoms with Crippen molar-refractivity contribution in [2.45, 2.75) is 6.92 Å². The van der Waals surface area contributed by atoms with Crippen molar-refractivity contribution in [3.63, 3.8) is 0 Å². The van der Waals surface area contributed by atoms with E-state index in [-0.39, 0.29) is 11.7 Å². The quantitative estimate of drug-likeness (QED) is 0.739. The summed E-state index contributed by atoms with van der Waals surface area (Å²) < 4.78 is 14.0. The van der Waals surface area contributed by atoms with Crippen molar-refractivity contribution in [3.05, 3.63) is 70.4 Å². The van der Waals surface area contributed by atoms with Crippen molar-refractivity contribution >= 4 is 34.6 Å². The molecule has 2 aromatic carbocycles. The first-order chi connectivity index (χ1) is 13.1. The summed E-state index contributed by atoms with van der Waals surface area (Å²) in [6.07, 6.45) is 1.89. The number of piperazine rings is 1. The lowest BCUT2D eigenvalue weighted by Crippen LogP contribution is -2.48. The average molecular weight is 381 g/mol. The fourth-order valence-electron chi connectivity index (χ4n) is 3.29. The van der Waals surface area contributed by atoms with E-state index in [2.05, 4.69) is 9.89 Å². The normalized spacial score (nSPS) is 19.0. The predicted octanol–water partition coefficient (Wildman–Crippen LogP) is 3.93. The van der Waals surface area contributed by atoms with E-state index in [0.717, 1.165) is 16.3 Å². The van der Waals surface area contributed by atoms with Crippen LogP contribution >= 0.6 is 11.8 Å². The monoisotopic (exact) mass is 381 g/mol. The largest absolute Gasteiger partial charge is 0.366 e. The number of anilines is 1. The number of halogens is 1. The van der Waals surface area contributed by atoms with Crippen LogP contribution in [0, 0.1) is 12.7 Å². The van der Waals surface area contributed by atoms with Gasteiger partial charge in [0, 0.05) is 26.2 Å². The minimum atomic E-state index is -0.197. The lowest BCUT2D eigenvalue weighted by molar-refractivity contribution is -0.113. The third kappa shape index (κ3) is 3.90. The minimum Gasteiger partial charge on any atom is -0.366 e. The number of thioether (sulfide) groups is 1. The number of carbonyl (C=O) groups excluding carboxylic acids is 1. The van der Waals surface area contributed by atoms with Crippen LogP contribution in [0.3, 0.4) is 0 Å². The van der Waals surface area contributed by atoms with Gasteiger partial charge in [0.2, 0.25) is 0 Å². The summed E-state index contributed by atoms with van der Waals surface area (Å²) in [7, 11) is 0. The summed E-state index contributed by atoms with van der Waals surface area (Å²) in [6.45, 7) is 4.86. The molecule has 4 rings (SSSR count). The van der Waals surface area contributed by atoms with Crippen LogP contribution in [0.4, 0.5) is 10.1 Å². The Labute approximate surface area is 162 Å². The van der Waals surface area contributed by atoms with Crippen LogP contribution < -0.4 is 4.90 Å². The Bertz CT molecular complexity index is 933. The van der Waals surface area contributed by atoms with Crippen molar-refractivity contribution in [1.29, 1.82) is 0 Å². The molecule has 27 heavy (non-hydrogen) atoms. The standard InChI is InChI=1S/C21H20FN3OS/c1-15-5-4-6-16(13-15)14-19-20(26)23-21(27-19)25-11-9-24(10-12-25)18-8-3-2-7-17(18)22/h2-8,13-14H,9-12H2,1H3. The lowest BCUT2D eigenvalue weighted by Gasteiger charge is -2.36. The molecule has 0 aromatic heterocycles. The second kappa shape index (κ2) is 7.56. The van der Waals surface area contributed by atoms with Gasteiger partial charge >= 0.3 is 0 Å². The van der Waals surface area contributed by atoms with E-state index in [9.17, 15) is 9.18 Å². The zero-order valence-corrected chi connectivity index (χ0v) is 15.9. The molecule has 0 unspecified atom stereocenters. The topological polar surface area (TPSA) is 35.9 Å². The number of amidine groups is 1. The van der Waals surface area contributed by atoms with Gasteiger partial charge in [0.15, 0.2) is 5.17 Å². The molecular weight excluding hydrogens is 361 g/mol. The summed E-state index contributed by atoms with van der Waals surface area (Å²) in [4.78, 5) is 21.3. The second-order valence-corrected chi connectivity index (χ2v) is 7.66. The van der Waals surface area contributed by atoms with Gasteiger partial charge in [-0.25, -0.2) is 4.39 Å². The van der Waals surface area contributed by atoms with Crippen LogP contribution in [0.2, 0.25) is 0 Å². The highest BCUT2D eigenvalue weighted by molar-refractivity contribution is 8.18. The maximum absolute atomic E-state index is 14.0. The molecule has 1 saturated heterocycles. The van der Waals surface area contributed by atoms with Crippen molar-refractivity contribution in [2.75, 3.05) is 31.1 Å². The summed E-state index contributed by atoms with van der Waals surface area (Å²) >= 11 is 1.42. The Morgan fingerprint density at radius 1 is 1.04 bits per heavy atom. The van der Waals surface area contributed by atoms with E-state index >= 15 is 0 Å². The van der Waals surface area contributed by atoms with Gasteiger partial charge in [-0.1, -0.05) is 42.0 Å². The smallest absolute Gasteiger partial charge is 0.286 e. The van der Waals surface area contributed by atoms with Gasteiger partial charge in [-0.3, -0.25) is 4.79 Å². The van der Waals surface area contributed by atoms with E-state index in [1.807, 2.05) is 48.2 Å². The molecule has 2 aliphatic heterocycles. The fraction of sp³-hybridized carbons (Fsp3) is 0.238. The number of carbonyl (C=O) groups is 1. The third-order valence-corrected chi connectivity index (χ3v) is 5.74. The SMILES string of the molecule is Cc1cccc(C=C2SC(N3CCN(c4ccccc4F)CC3)=NC2=O)c1. The Hall–Kier alpha value is -2.60. The summed E-state index contributed by atoms with van der Waals surface area (Å²) in [5, 5.41) is 0.743. The van der Waals surface area contributed by atoms with Crippen molar-refractivity contribution in [2.24, 2.45) is 4.99 Å². The van der Waals surface area contributed by atoms with Gasteiger partial charge in [-0.15, -0.1) is 0 Å². The Balaban J connectivity index is 1.42. The molecule has 0 saturated carbocycles. The minimum absolute atomic E-state index is 0.187. The molecule has 2 aliphatic rings. The molecule has 2 aromatic rings. The number of rotatable bonds is 2. The highest BCUT2D eigenvalue weighted by Gasteiger charge is 2.29. The molecule has 138 valence electrons. The molecule has 6 heteroatoms. The number of hydrogen-bond acceptors (Lipinski definition) is 4. The van der Waals surface area contributed by atoms with Gasteiger partial charge < -0.3 is 9.80 Å². The highest BCUT2D eigenvalue weighted by atomic mass is 32.2. The number of benzene rings is 2. The summed E-state index contributed by atoms with van der Waals surface area (Å²) in [5.74, 6) is -0.384. The zero-order valence-electron chi connectivity index (χ0n) is 15.1. The Morgan fingerprint density at radius 3 is 2.52 bits per heavy atom.